The summed E-state index contributed by atoms with van der Waals surface area (Å²) in [5.41, 5.74) is 0.190. The SMILES string of the molecule is CC(C)(C)OC(=O)NCCNC[C@@H]1CN(c2ccc3c(c2)OCCO3)C(=O)O1. The molecule has 0 aromatic heterocycles. The van der Waals surface area contributed by atoms with Gasteiger partial charge in [-0.05, 0) is 32.9 Å². The van der Waals surface area contributed by atoms with Gasteiger partial charge in [0.2, 0.25) is 0 Å². The second kappa shape index (κ2) is 8.55. The highest BCUT2D eigenvalue weighted by Crippen LogP contribution is 2.35. The van der Waals surface area contributed by atoms with E-state index in [0.29, 0.717) is 56.6 Å². The molecule has 3 rings (SSSR count). The van der Waals surface area contributed by atoms with Crippen molar-refractivity contribution in [3.63, 3.8) is 0 Å². The zero-order valence-electron chi connectivity index (χ0n) is 16.4. The normalized spacial score (nSPS) is 18.6. The molecule has 1 fully saturated rings. The number of carbonyl (C=O) groups excluding carboxylic acids is 2. The lowest BCUT2D eigenvalue weighted by Gasteiger charge is -2.21. The van der Waals surface area contributed by atoms with E-state index in [9.17, 15) is 9.59 Å². The van der Waals surface area contributed by atoms with Crippen LogP contribution in [0.4, 0.5) is 15.3 Å². The van der Waals surface area contributed by atoms with E-state index < -0.39 is 17.8 Å². The number of anilines is 1. The smallest absolute Gasteiger partial charge is 0.414 e. The summed E-state index contributed by atoms with van der Waals surface area (Å²) in [6.45, 7) is 8.33. The van der Waals surface area contributed by atoms with Crippen LogP contribution in [0, 0.1) is 0 Å². The number of alkyl carbamates (subject to hydrolysis) is 1. The summed E-state index contributed by atoms with van der Waals surface area (Å²) in [7, 11) is 0. The van der Waals surface area contributed by atoms with Gasteiger partial charge in [0.15, 0.2) is 11.5 Å². The van der Waals surface area contributed by atoms with Crippen molar-refractivity contribution in [2.24, 2.45) is 0 Å². The Bertz CT molecular complexity index is 718. The van der Waals surface area contributed by atoms with Gasteiger partial charge < -0.3 is 29.6 Å². The van der Waals surface area contributed by atoms with E-state index in [1.807, 2.05) is 26.8 Å². The first kappa shape index (κ1) is 20.1. The standard InChI is InChI=1S/C19H27N3O6/c1-19(2,3)28-17(23)21-7-6-20-11-14-12-22(18(24)27-14)13-4-5-15-16(10-13)26-9-8-25-15/h4-5,10,14,20H,6-9,11-12H2,1-3H3,(H,21,23)/t14-/m1/s1. The summed E-state index contributed by atoms with van der Waals surface area (Å²) in [4.78, 5) is 25.3. The fourth-order valence-corrected chi connectivity index (χ4v) is 2.87. The molecule has 0 saturated carbocycles. The molecule has 2 aliphatic rings. The predicted octanol–water partition coefficient (Wildman–Crippen LogP) is 1.90. The van der Waals surface area contributed by atoms with Crippen molar-refractivity contribution in [1.82, 2.24) is 10.6 Å². The molecule has 2 aliphatic heterocycles. The van der Waals surface area contributed by atoms with E-state index in [0.717, 1.165) is 0 Å². The maximum atomic E-state index is 12.2. The van der Waals surface area contributed by atoms with E-state index in [-0.39, 0.29) is 6.10 Å². The number of fused-ring (bicyclic) bond motifs is 1. The molecule has 2 amide bonds. The van der Waals surface area contributed by atoms with Crippen LogP contribution >= 0.6 is 0 Å². The van der Waals surface area contributed by atoms with Crippen molar-refractivity contribution >= 4 is 17.9 Å². The van der Waals surface area contributed by atoms with Crippen LogP contribution in [0.2, 0.25) is 0 Å². The Labute approximate surface area is 164 Å². The molecule has 1 aromatic rings. The molecule has 154 valence electrons. The van der Waals surface area contributed by atoms with E-state index in [2.05, 4.69) is 10.6 Å². The number of hydrogen-bond donors (Lipinski definition) is 2. The lowest BCUT2D eigenvalue weighted by Crippen LogP contribution is -2.38. The summed E-state index contributed by atoms with van der Waals surface area (Å²) < 4.78 is 21.6. The highest BCUT2D eigenvalue weighted by Gasteiger charge is 2.32. The van der Waals surface area contributed by atoms with Crippen molar-refractivity contribution in [3.8, 4) is 11.5 Å². The summed E-state index contributed by atoms with van der Waals surface area (Å²) in [5, 5.41) is 5.84. The molecule has 2 N–H and O–H groups in total. The van der Waals surface area contributed by atoms with E-state index >= 15 is 0 Å². The fourth-order valence-electron chi connectivity index (χ4n) is 2.87. The molecule has 0 bridgehead atoms. The van der Waals surface area contributed by atoms with Gasteiger partial charge in [-0.25, -0.2) is 9.59 Å². The second-order valence-corrected chi connectivity index (χ2v) is 7.58. The monoisotopic (exact) mass is 393 g/mol. The minimum Gasteiger partial charge on any atom is -0.486 e. The van der Waals surface area contributed by atoms with Crippen LogP contribution in [0.3, 0.4) is 0 Å². The molecule has 1 aromatic carbocycles. The Morgan fingerprint density at radius 2 is 1.96 bits per heavy atom. The van der Waals surface area contributed by atoms with Gasteiger partial charge in [-0.3, -0.25) is 4.90 Å². The van der Waals surface area contributed by atoms with Crippen molar-refractivity contribution in [2.45, 2.75) is 32.5 Å². The molecule has 0 unspecified atom stereocenters. The number of cyclic esters (lactones) is 1. The quantitative estimate of drug-likeness (QED) is 0.712. The molecule has 0 radical (unpaired) electrons. The van der Waals surface area contributed by atoms with Crippen molar-refractivity contribution < 1.29 is 28.5 Å². The molecule has 1 atom stereocenters. The Hall–Kier alpha value is -2.68. The van der Waals surface area contributed by atoms with Crippen LogP contribution in [0.1, 0.15) is 20.8 Å². The average molecular weight is 393 g/mol. The summed E-state index contributed by atoms with van der Waals surface area (Å²) in [6, 6.07) is 5.40. The molecular weight excluding hydrogens is 366 g/mol. The lowest BCUT2D eigenvalue weighted by molar-refractivity contribution is 0.0528. The number of nitrogens with zero attached hydrogens (tertiary/aromatic N) is 1. The van der Waals surface area contributed by atoms with Crippen molar-refractivity contribution in [3.05, 3.63) is 18.2 Å². The maximum absolute atomic E-state index is 12.2. The first-order chi connectivity index (χ1) is 13.3. The maximum Gasteiger partial charge on any atom is 0.414 e. The Morgan fingerprint density at radius 3 is 2.71 bits per heavy atom. The topological polar surface area (TPSA) is 98.4 Å². The van der Waals surface area contributed by atoms with Crippen LogP contribution in [-0.4, -0.2) is 63.3 Å². The first-order valence-electron chi connectivity index (χ1n) is 9.37. The Kier molecular flexibility index (Phi) is 6.13. The van der Waals surface area contributed by atoms with Crippen LogP contribution in [0.5, 0.6) is 11.5 Å². The number of nitrogens with one attached hydrogen (secondary N) is 2. The van der Waals surface area contributed by atoms with Crippen molar-refractivity contribution in [1.29, 1.82) is 0 Å². The van der Waals surface area contributed by atoms with Gasteiger partial charge in [0, 0.05) is 25.7 Å². The number of carbonyl (C=O) groups is 2. The zero-order valence-corrected chi connectivity index (χ0v) is 16.4. The van der Waals surface area contributed by atoms with E-state index in [1.54, 1.807) is 17.0 Å². The molecule has 0 spiro atoms. The van der Waals surface area contributed by atoms with Crippen LogP contribution < -0.4 is 25.0 Å². The van der Waals surface area contributed by atoms with E-state index in [1.165, 1.54) is 0 Å². The lowest BCUT2D eigenvalue weighted by atomic mass is 10.2. The number of rotatable bonds is 6. The number of amides is 2. The molecule has 9 nitrogen and oxygen atoms in total. The van der Waals surface area contributed by atoms with Gasteiger partial charge in [0.05, 0.1) is 12.2 Å². The van der Waals surface area contributed by atoms with Crippen LogP contribution in [0.25, 0.3) is 0 Å². The largest absolute Gasteiger partial charge is 0.486 e. The molecule has 2 heterocycles. The first-order valence-corrected chi connectivity index (χ1v) is 9.37. The third-order valence-electron chi connectivity index (χ3n) is 4.05. The fraction of sp³-hybridized carbons (Fsp3) is 0.579. The Balaban J connectivity index is 1.41. The zero-order chi connectivity index (χ0) is 20.1. The van der Waals surface area contributed by atoms with Crippen LogP contribution in [-0.2, 0) is 9.47 Å². The molecule has 28 heavy (non-hydrogen) atoms. The van der Waals surface area contributed by atoms with E-state index in [4.69, 9.17) is 18.9 Å². The summed E-state index contributed by atoms with van der Waals surface area (Å²) >= 11 is 0. The van der Waals surface area contributed by atoms with Crippen LogP contribution in [0.15, 0.2) is 18.2 Å². The number of benzene rings is 1. The minimum absolute atomic E-state index is 0.276. The van der Waals surface area contributed by atoms with Gasteiger partial charge in [-0.2, -0.15) is 0 Å². The second-order valence-electron chi connectivity index (χ2n) is 7.58. The van der Waals surface area contributed by atoms with Gasteiger partial charge in [0.1, 0.15) is 24.9 Å². The average Bonchev–Trinajstić information content (AvgIpc) is 3.00. The molecular formula is C19H27N3O6. The van der Waals surface area contributed by atoms with Gasteiger partial charge in [0.25, 0.3) is 0 Å². The molecule has 9 heteroatoms. The third-order valence-corrected chi connectivity index (χ3v) is 4.05. The molecule has 1 saturated heterocycles. The molecule has 0 aliphatic carbocycles. The highest BCUT2D eigenvalue weighted by molar-refractivity contribution is 5.90. The Morgan fingerprint density at radius 1 is 1.21 bits per heavy atom. The van der Waals surface area contributed by atoms with Gasteiger partial charge in [-0.15, -0.1) is 0 Å². The third kappa shape index (κ3) is 5.41. The highest BCUT2D eigenvalue weighted by atomic mass is 16.6. The van der Waals surface area contributed by atoms with Crippen molar-refractivity contribution in [2.75, 3.05) is 44.3 Å². The number of hydrogen-bond acceptors (Lipinski definition) is 7. The minimum atomic E-state index is -0.521. The van der Waals surface area contributed by atoms with Gasteiger partial charge >= 0.3 is 12.2 Å². The summed E-state index contributed by atoms with van der Waals surface area (Å²) in [6.07, 6.45) is -1.12. The number of ether oxygens (including phenoxy) is 4. The summed E-state index contributed by atoms with van der Waals surface area (Å²) in [5.74, 6) is 1.31. The predicted molar refractivity (Wildman–Crippen MR) is 102 cm³/mol. The van der Waals surface area contributed by atoms with Gasteiger partial charge in [-0.1, -0.05) is 0 Å².